The summed E-state index contributed by atoms with van der Waals surface area (Å²) in [5.74, 6) is 0.214. The van der Waals surface area contributed by atoms with Crippen LogP contribution in [0.3, 0.4) is 0 Å². The zero-order valence-electron chi connectivity index (χ0n) is 14.7. The first-order valence-electron chi connectivity index (χ1n) is 7.41. The third-order valence-electron chi connectivity index (χ3n) is 4.14. The molecule has 0 amide bonds. The molecule has 0 aromatic rings. The van der Waals surface area contributed by atoms with Gasteiger partial charge in [-0.3, -0.25) is 4.79 Å². The van der Waals surface area contributed by atoms with E-state index in [1.165, 1.54) is 0 Å². The highest BCUT2D eigenvalue weighted by Gasteiger charge is 2.42. The van der Waals surface area contributed by atoms with Gasteiger partial charge in [0.05, 0.1) is 5.41 Å². The minimum Gasteiger partial charge on any atom is -0.462 e. The molecule has 2 heteroatoms. The van der Waals surface area contributed by atoms with Crippen LogP contribution < -0.4 is 0 Å². The molecule has 0 saturated carbocycles. The topological polar surface area (TPSA) is 26.3 Å². The van der Waals surface area contributed by atoms with Gasteiger partial charge in [-0.2, -0.15) is 0 Å². The number of rotatable bonds is 4. The molecule has 0 rings (SSSR count). The number of carbonyl (C=O) groups is 1. The van der Waals surface area contributed by atoms with Gasteiger partial charge in [0.2, 0.25) is 0 Å². The Bertz CT molecular complexity index is 304. The van der Waals surface area contributed by atoms with Crippen molar-refractivity contribution in [2.75, 3.05) is 0 Å². The predicted octanol–water partition coefficient (Wildman–Crippen LogP) is 5.06. The average molecular weight is 270 g/mol. The fraction of sp³-hybridized carbons (Fsp3) is 0.941. The molecule has 0 aromatic carbocycles. The van der Waals surface area contributed by atoms with Gasteiger partial charge in [-0.05, 0) is 37.0 Å². The van der Waals surface area contributed by atoms with Crippen LogP contribution in [0, 0.1) is 22.2 Å². The van der Waals surface area contributed by atoms with Crippen molar-refractivity contribution in [2.24, 2.45) is 22.2 Å². The van der Waals surface area contributed by atoms with E-state index in [1.54, 1.807) is 0 Å². The van der Waals surface area contributed by atoms with E-state index in [0.29, 0.717) is 0 Å². The summed E-state index contributed by atoms with van der Waals surface area (Å²) in [7, 11) is 0. The quantitative estimate of drug-likeness (QED) is 0.667. The standard InChI is InChI=1S/C17H34O2/c1-12(2)17(10,11-15(4,5)6)14(18)19-13(3)16(7,8)9/h12-13H,11H2,1-10H3. The molecule has 19 heavy (non-hydrogen) atoms. The van der Waals surface area contributed by atoms with E-state index in [-0.39, 0.29) is 28.8 Å². The fourth-order valence-corrected chi connectivity index (χ4v) is 2.09. The number of ether oxygens (including phenoxy) is 1. The Morgan fingerprint density at radius 1 is 0.947 bits per heavy atom. The molecule has 0 N–H and O–H groups in total. The molecule has 2 atom stereocenters. The van der Waals surface area contributed by atoms with Gasteiger partial charge in [0.1, 0.15) is 6.10 Å². The second-order valence-corrected chi connectivity index (χ2v) is 8.72. The van der Waals surface area contributed by atoms with Crippen molar-refractivity contribution in [3.05, 3.63) is 0 Å². The van der Waals surface area contributed by atoms with Crippen molar-refractivity contribution < 1.29 is 9.53 Å². The van der Waals surface area contributed by atoms with Crippen LogP contribution in [0.5, 0.6) is 0 Å². The van der Waals surface area contributed by atoms with E-state index in [1.807, 2.05) is 13.8 Å². The maximum Gasteiger partial charge on any atom is 0.312 e. The Labute approximate surface area is 120 Å². The van der Waals surface area contributed by atoms with Gasteiger partial charge >= 0.3 is 5.97 Å². The normalized spacial score (nSPS) is 18.1. The minimum atomic E-state index is -0.419. The second-order valence-electron chi connectivity index (χ2n) is 8.72. The van der Waals surface area contributed by atoms with Crippen LogP contribution in [0.1, 0.15) is 75.7 Å². The number of hydrogen-bond acceptors (Lipinski definition) is 2. The van der Waals surface area contributed by atoms with E-state index in [0.717, 1.165) is 6.42 Å². The maximum absolute atomic E-state index is 12.6. The maximum atomic E-state index is 12.6. The van der Waals surface area contributed by atoms with Gasteiger partial charge in [-0.25, -0.2) is 0 Å². The molecule has 0 bridgehead atoms. The van der Waals surface area contributed by atoms with Crippen molar-refractivity contribution in [1.29, 1.82) is 0 Å². The van der Waals surface area contributed by atoms with Crippen LogP contribution in [-0.4, -0.2) is 12.1 Å². The van der Waals surface area contributed by atoms with Crippen LogP contribution in [0.25, 0.3) is 0 Å². The van der Waals surface area contributed by atoms with E-state index < -0.39 is 5.41 Å². The monoisotopic (exact) mass is 270 g/mol. The molecule has 0 fully saturated rings. The zero-order valence-corrected chi connectivity index (χ0v) is 14.7. The van der Waals surface area contributed by atoms with Gasteiger partial charge in [0.15, 0.2) is 0 Å². The van der Waals surface area contributed by atoms with Crippen molar-refractivity contribution in [3.8, 4) is 0 Å². The summed E-state index contributed by atoms with van der Waals surface area (Å²) in [6.07, 6.45) is 0.769. The van der Waals surface area contributed by atoms with E-state index >= 15 is 0 Å². The highest BCUT2D eigenvalue weighted by atomic mass is 16.5. The Balaban J connectivity index is 5.06. The first kappa shape index (κ1) is 18.5. The predicted molar refractivity (Wildman–Crippen MR) is 82.0 cm³/mol. The van der Waals surface area contributed by atoms with Gasteiger partial charge in [-0.15, -0.1) is 0 Å². The van der Waals surface area contributed by atoms with Crippen molar-refractivity contribution >= 4 is 5.97 Å². The van der Waals surface area contributed by atoms with Gasteiger partial charge < -0.3 is 4.74 Å². The van der Waals surface area contributed by atoms with Gasteiger partial charge in [-0.1, -0.05) is 55.4 Å². The molecular formula is C17H34O2. The minimum absolute atomic E-state index is 0.0186. The number of carbonyl (C=O) groups excluding carboxylic acids is 1. The lowest BCUT2D eigenvalue weighted by Crippen LogP contribution is -2.41. The van der Waals surface area contributed by atoms with Crippen LogP contribution in [0.15, 0.2) is 0 Å². The molecule has 0 aliphatic heterocycles. The Kier molecular flexibility index (Phi) is 5.68. The lowest BCUT2D eigenvalue weighted by atomic mass is 9.68. The third kappa shape index (κ3) is 5.54. The first-order chi connectivity index (χ1) is 8.20. The first-order valence-corrected chi connectivity index (χ1v) is 7.41. The highest BCUT2D eigenvalue weighted by molar-refractivity contribution is 5.77. The molecule has 114 valence electrons. The van der Waals surface area contributed by atoms with Crippen LogP contribution in [0.2, 0.25) is 0 Å². The van der Waals surface area contributed by atoms with Gasteiger partial charge in [0.25, 0.3) is 0 Å². The van der Waals surface area contributed by atoms with Crippen LogP contribution >= 0.6 is 0 Å². The van der Waals surface area contributed by atoms with E-state index in [9.17, 15) is 4.79 Å². The summed E-state index contributed by atoms with van der Waals surface area (Å²) < 4.78 is 5.75. The highest BCUT2D eigenvalue weighted by Crippen LogP contribution is 2.41. The second kappa shape index (κ2) is 5.85. The summed E-state index contributed by atoms with van der Waals surface area (Å²) >= 11 is 0. The molecular weight excluding hydrogens is 236 g/mol. The SMILES string of the molecule is CC(OC(=O)C(C)(CC(C)(C)C)C(C)C)C(C)(C)C. The molecule has 0 spiro atoms. The average Bonchev–Trinajstić information content (AvgIpc) is 2.12. The number of esters is 1. The third-order valence-corrected chi connectivity index (χ3v) is 4.14. The molecule has 0 saturated heterocycles. The van der Waals surface area contributed by atoms with E-state index in [2.05, 4.69) is 55.4 Å². The molecule has 2 unspecified atom stereocenters. The summed E-state index contributed by atoms with van der Waals surface area (Å²) in [5, 5.41) is 0. The summed E-state index contributed by atoms with van der Waals surface area (Å²) in [6, 6.07) is 0. The lowest BCUT2D eigenvalue weighted by molar-refractivity contribution is -0.170. The smallest absolute Gasteiger partial charge is 0.312 e. The molecule has 0 radical (unpaired) electrons. The van der Waals surface area contributed by atoms with Crippen molar-refractivity contribution in [2.45, 2.75) is 81.8 Å². The molecule has 0 aliphatic rings. The van der Waals surface area contributed by atoms with Crippen LogP contribution in [-0.2, 0) is 9.53 Å². The van der Waals surface area contributed by atoms with Gasteiger partial charge in [0, 0.05) is 0 Å². The number of hydrogen-bond donors (Lipinski definition) is 0. The fourth-order valence-electron chi connectivity index (χ4n) is 2.09. The van der Waals surface area contributed by atoms with Crippen LogP contribution in [0.4, 0.5) is 0 Å². The Morgan fingerprint density at radius 2 is 1.37 bits per heavy atom. The summed E-state index contributed by atoms with van der Waals surface area (Å²) in [5.41, 5.74) is -0.323. The van der Waals surface area contributed by atoms with E-state index in [4.69, 9.17) is 4.74 Å². The van der Waals surface area contributed by atoms with Crippen molar-refractivity contribution in [3.63, 3.8) is 0 Å². The summed E-state index contributed by atoms with van der Waals surface area (Å²) in [4.78, 5) is 12.6. The summed E-state index contributed by atoms with van der Waals surface area (Å²) in [6.45, 7) is 21.1. The largest absolute Gasteiger partial charge is 0.462 e. The lowest BCUT2D eigenvalue weighted by Gasteiger charge is -2.39. The Hall–Kier alpha value is -0.530. The van der Waals surface area contributed by atoms with Crippen molar-refractivity contribution in [1.82, 2.24) is 0 Å². The molecule has 0 aromatic heterocycles. The molecule has 2 nitrogen and oxygen atoms in total. The molecule has 0 heterocycles. The molecule has 0 aliphatic carbocycles. The zero-order chi connectivity index (χ0) is 15.6. The Morgan fingerprint density at radius 3 is 1.63 bits per heavy atom.